The van der Waals surface area contributed by atoms with E-state index in [2.05, 4.69) is 41.3 Å². The number of rotatable bonds is 6. The molecule has 4 bridgehead atoms. The first-order valence-corrected chi connectivity index (χ1v) is 11.2. The van der Waals surface area contributed by atoms with Crippen molar-refractivity contribution in [2.45, 2.75) is 51.1 Å². The van der Waals surface area contributed by atoms with E-state index in [0.717, 1.165) is 18.0 Å². The Morgan fingerprint density at radius 3 is 2.10 bits per heavy atom. The van der Waals surface area contributed by atoms with Crippen LogP contribution in [0.4, 0.5) is 0 Å². The van der Waals surface area contributed by atoms with Crippen LogP contribution in [0.2, 0.25) is 0 Å². The van der Waals surface area contributed by atoms with Gasteiger partial charge in [-0.3, -0.25) is 4.79 Å². The number of benzene rings is 2. The number of carbonyl (C=O) groups is 1. The summed E-state index contributed by atoms with van der Waals surface area (Å²) in [4.78, 5) is 15.6. The molecule has 0 aromatic heterocycles. The van der Waals surface area contributed by atoms with Crippen molar-refractivity contribution in [2.75, 3.05) is 6.54 Å². The van der Waals surface area contributed by atoms with Gasteiger partial charge in [-0.05, 0) is 66.4 Å². The second-order valence-electron chi connectivity index (χ2n) is 9.95. The molecule has 4 aliphatic carbocycles. The summed E-state index contributed by atoms with van der Waals surface area (Å²) >= 11 is 0. The molecule has 29 heavy (non-hydrogen) atoms. The molecule has 2 aromatic rings. The third-order valence-electron chi connectivity index (χ3n) is 7.77. The van der Waals surface area contributed by atoms with E-state index in [4.69, 9.17) is 5.73 Å². The summed E-state index contributed by atoms with van der Waals surface area (Å²) in [5.41, 5.74) is 9.16. The number of amides is 1. The Bertz CT molecular complexity index is 834. The number of hydrogen-bond donors (Lipinski definition) is 1. The lowest BCUT2D eigenvalue weighted by atomic mass is 9.48. The van der Waals surface area contributed by atoms with Crippen LogP contribution in [0, 0.1) is 23.2 Å². The highest BCUT2D eigenvalue weighted by Crippen LogP contribution is 2.59. The summed E-state index contributed by atoms with van der Waals surface area (Å²) in [5, 5.41) is 0. The fraction of sp³-hybridized carbons (Fsp3) is 0.500. The molecular formula is C26H32N2O. The number of nitrogens with zero attached hydrogens (tertiary/aromatic N) is 1. The molecule has 1 amide bonds. The summed E-state index contributed by atoms with van der Waals surface area (Å²) in [5.74, 6) is 2.42. The maximum Gasteiger partial charge on any atom is 0.227 e. The van der Waals surface area contributed by atoms with E-state index >= 15 is 0 Å². The van der Waals surface area contributed by atoms with Crippen LogP contribution in [0.5, 0.6) is 0 Å². The fourth-order valence-electron chi connectivity index (χ4n) is 6.75. The Balaban J connectivity index is 1.37. The van der Waals surface area contributed by atoms with Crippen LogP contribution in [0.15, 0.2) is 60.7 Å². The van der Waals surface area contributed by atoms with Crippen molar-refractivity contribution in [2.24, 2.45) is 28.9 Å². The van der Waals surface area contributed by atoms with E-state index in [1.54, 1.807) is 0 Å². The molecule has 2 N–H and O–H groups in total. The molecular weight excluding hydrogens is 356 g/mol. The van der Waals surface area contributed by atoms with Crippen molar-refractivity contribution in [1.29, 1.82) is 0 Å². The van der Waals surface area contributed by atoms with Crippen molar-refractivity contribution in [3.63, 3.8) is 0 Å². The van der Waals surface area contributed by atoms with Gasteiger partial charge in [0, 0.05) is 19.1 Å². The lowest BCUT2D eigenvalue weighted by Crippen LogP contribution is -2.59. The van der Waals surface area contributed by atoms with Gasteiger partial charge in [0.25, 0.3) is 0 Å². The molecule has 6 rings (SSSR count). The van der Waals surface area contributed by atoms with Crippen molar-refractivity contribution in [3.05, 3.63) is 71.8 Å². The molecule has 2 aromatic carbocycles. The largest absolute Gasteiger partial charge is 0.338 e. The maximum atomic E-state index is 13.4. The average Bonchev–Trinajstić information content (AvgIpc) is 2.72. The van der Waals surface area contributed by atoms with Crippen molar-refractivity contribution >= 4 is 5.91 Å². The van der Waals surface area contributed by atoms with Crippen LogP contribution in [-0.2, 0) is 17.8 Å². The van der Waals surface area contributed by atoms with E-state index in [1.807, 2.05) is 24.3 Å². The van der Waals surface area contributed by atoms with Crippen molar-refractivity contribution in [3.8, 4) is 0 Å². The van der Waals surface area contributed by atoms with Crippen LogP contribution >= 0.6 is 0 Å². The van der Waals surface area contributed by atoms with Crippen LogP contribution in [0.1, 0.15) is 43.2 Å². The zero-order valence-electron chi connectivity index (χ0n) is 17.2. The number of nitrogens with two attached hydrogens (primary N) is 1. The summed E-state index contributed by atoms with van der Waals surface area (Å²) in [6, 6.07) is 21.0. The van der Waals surface area contributed by atoms with Gasteiger partial charge in [-0.25, -0.2) is 0 Å². The predicted octanol–water partition coefficient (Wildman–Crippen LogP) is 4.41. The Labute approximate surface area is 174 Å². The molecule has 0 aliphatic heterocycles. The second kappa shape index (κ2) is 7.60. The summed E-state index contributed by atoms with van der Waals surface area (Å²) in [6.45, 7) is 1.60. The van der Waals surface area contributed by atoms with Gasteiger partial charge in [0.15, 0.2) is 0 Å². The molecule has 4 saturated carbocycles. The zero-order valence-corrected chi connectivity index (χ0v) is 17.2. The van der Waals surface area contributed by atoms with Gasteiger partial charge in [0.1, 0.15) is 0 Å². The topological polar surface area (TPSA) is 46.3 Å². The monoisotopic (exact) mass is 388 g/mol. The number of hydrogen-bond acceptors (Lipinski definition) is 2. The highest BCUT2D eigenvalue weighted by Gasteiger charge is 2.54. The summed E-state index contributed by atoms with van der Waals surface area (Å²) in [6.07, 6.45) is 6.83. The molecule has 4 unspecified atom stereocenters. The Hall–Kier alpha value is -2.13. The van der Waals surface area contributed by atoms with Gasteiger partial charge in [0.2, 0.25) is 5.91 Å². The van der Waals surface area contributed by atoms with E-state index < -0.39 is 0 Å². The van der Waals surface area contributed by atoms with Crippen LogP contribution in [0.3, 0.4) is 0 Å². The second-order valence-corrected chi connectivity index (χ2v) is 9.95. The first kappa shape index (κ1) is 18.9. The Morgan fingerprint density at radius 2 is 1.48 bits per heavy atom. The quantitative estimate of drug-likeness (QED) is 0.797. The van der Waals surface area contributed by atoms with Gasteiger partial charge >= 0.3 is 0 Å². The van der Waals surface area contributed by atoms with Gasteiger partial charge in [-0.2, -0.15) is 0 Å². The molecule has 0 radical (unpaired) electrons. The Morgan fingerprint density at radius 1 is 0.897 bits per heavy atom. The molecule has 0 heterocycles. The van der Waals surface area contributed by atoms with Gasteiger partial charge in [-0.1, -0.05) is 60.7 Å². The van der Waals surface area contributed by atoms with Crippen LogP contribution in [-0.4, -0.2) is 23.4 Å². The minimum atomic E-state index is 0.250. The van der Waals surface area contributed by atoms with Crippen molar-refractivity contribution in [1.82, 2.24) is 4.90 Å². The zero-order chi connectivity index (χ0) is 19.8. The van der Waals surface area contributed by atoms with Gasteiger partial charge in [-0.15, -0.1) is 0 Å². The predicted molar refractivity (Wildman–Crippen MR) is 116 cm³/mol. The lowest BCUT2D eigenvalue weighted by molar-refractivity contribution is -0.138. The van der Waals surface area contributed by atoms with Crippen LogP contribution < -0.4 is 5.73 Å². The van der Waals surface area contributed by atoms with Crippen molar-refractivity contribution < 1.29 is 4.79 Å². The van der Waals surface area contributed by atoms with Gasteiger partial charge < -0.3 is 10.6 Å². The summed E-state index contributed by atoms with van der Waals surface area (Å²) < 4.78 is 0. The highest BCUT2D eigenvalue weighted by atomic mass is 16.2. The molecule has 3 heteroatoms. The molecule has 3 nitrogen and oxygen atoms in total. The minimum Gasteiger partial charge on any atom is -0.338 e. The first-order chi connectivity index (χ1) is 14.1. The van der Waals surface area contributed by atoms with Gasteiger partial charge in [0.05, 0.1) is 6.42 Å². The van der Waals surface area contributed by atoms with E-state index in [1.165, 1.54) is 37.7 Å². The van der Waals surface area contributed by atoms with E-state index in [9.17, 15) is 4.79 Å². The summed E-state index contributed by atoms with van der Waals surface area (Å²) in [7, 11) is 0. The normalized spacial score (nSPS) is 32.3. The molecule has 4 aliphatic rings. The molecule has 4 fully saturated rings. The van der Waals surface area contributed by atoms with Crippen LogP contribution in [0.25, 0.3) is 0 Å². The molecule has 5 atom stereocenters. The SMILES string of the molecule is NC1C2CC3C[C@H]1CC(CN(Cc1ccccc1)C(=O)Cc1ccccc1)(C3)C2. The molecule has 0 saturated heterocycles. The lowest BCUT2D eigenvalue weighted by Gasteiger charge is -2.60. The standard InChI is InChI=1S/C26H32N2O/c27-25-22-11-21-12-23(25)16-26(14-21,15-22)18-28(17-20-9-5-2-6-10-20)24(29)13-19-7-3-1-4-8-19/h1-10,21-23,25H,11-18,27H2/t21?,22-,23?,25?,26?/m0/s1. The average molecular weight is 389 g/mol. The minimum absolute atomic E-state index is 0.250. The first-order valence-electron chi connectivity index (χ1n) is 11.2. The fourth-order valence-corrected chi connectivity index (χ4v) is 6.75. The molecule has 152 valence electrons. The maximum absolute atomic E-state index is 13.4. The third kappa shape index (κ3) is 3.85. The van der Waals surface area contributed by atoms with E-state index in [-0.39, 0.29) is 11.3 Å². The molecule has 0 spiro atoms. The van der Waals surface area contributed by atoms with E-state index in [0.29, 0.717) is 30.8 Å². The number of carbonyl (C=O) groups excluding carboxylic acids is 1. The Kier molecular flexibility index (Phi) is 4.95. The highest BCUT2D eigenvalue weighted by molar-refractivity contribution is 5.78. The third-order valence-corrected chi connectivity index (χ3v) is 7.77. The smallest absolute Gasteiger partial charge is 0.227 e.